The van der Waals surface area contributed by atoms with Gasteiger partial charge in [-0.05, 0) is 38.0 Å². The zero-order valence-corrected chi connectivity index (χ0v) is 16.6. The molecular formula is C23H26N2O3. The SMILES string of the molecule is CCOC(=O)CN(Cc1ccccc1)C(=O)c1c(C)c2ccccc2n1CC. The van der Waals surface area contributed by atoms with Crippen molar-refractivity contribution >= 4 is 22.8 Å². The van der Waals surface area contributed by atoms with Crippen LogP contribution in [0.15, 0.2) is 54.6 Å². The van der Waals surface area contributed by atoms with Gasteiger partial charge in [0.15, 0.2) is 0 Å². The second-order valence-electron chi connectivity index (χ2n) is 6.69. The van der Waals surface area contributed by atoms with Crippen molar-refractivity contribution in [2.45, 2.75) is 33.9 Å². The van der Waals surface area contributed by atoms with E-state index in [4.69, 9.17) is 4.74 Å². The van der Waals surface area contributed by atoms with E-state index in [1.54, 1.807) is 11.8 Å². The molecule has 1 aromatic heterocycles. The van der Waals surface area contributed by atoms with E-state index in [0.29, 0.717) is 25.4 Å². The number of amides is 1. The molecule has 0 bridgehead atoms. The lowest BCUT2D eigenvalue weighted by molar-refractivity contribution is -0.143. The van der Waals surface area contributed by atoms with Gasteiger partial charge in [0.2, 0.25) is 0 Å². The third-order valence-electron chi connectivity index (χ3n) is 4.87. The molecule has 5 heteroatoms. The number of hydrogen-bond donors (Lipinski definition) is 0. The van der Waals surface area contributed by atoms with Crippen molar-refractivity contribution in [1.29, 1.82) is 0 Å². The number of esters is 1. The average Bonchev–Trinajstić information content (AvgIpc) is 3.00. The van der Waals surface area contributed by atoms with Crippen molar-refractivity contribution in [3.63, 3.8) is 0 Å². The normalized spacial score (nSPS) is 10.8. The van der Waals surface area contributed by atoms with Crippen LogP contribution in [0.2, 0.25) is 0 Å². The number of hydrogen-bond acceptors (Lipinski definition) is 3. The van der Waals surface area contributed by atoms with Crippen LogP contribution in [-0.4, -0.2) is 34.5 Å². The van der Waals surface area contributed by atoms with Gasteiger partial charge in [0, 0.05) is 24.0 Å². The number of aromatic nitrogens is 1. The highest BCUT2D eigenvalue weighted by molar-refractivity contribution is 6.02. The van der Waals surface area contributed by atoms with Gasteiger partial charge < -0.3 is 14.2 Å². The molecule has 3 rings (SSSR count). The monoisotopic (exact) mass is 378 g/mol. The number of benzene rings is 2. The molecule has 1 amide bonds. The fourth-order valence-corrected chi connectivity index (χ4v) is 3.60. The van der Waals surface area contributed by atoms with Crippen LogP contribution in [0.1, 0.15) is 35.5 Å². The summed E-state index contributed by atoms with van der Waals surface area (Å²) < 4.78 is 7.13. The van der Waals surface area contributed by atoms with Gasteiger partial charge in [-0.3, -0.25) is 9.59 Å². The van der Waals surface area contributed by atoms with E-state index in [1.165, 1.54) is 0 Å². The number of carbonyl (C=O) groups is 2. The first-order valence-electron chi connectivity index (χ1n) is 9.63. The molecule has 0 atom stereocenters. The van der Waals surface area contributed by atoms with Crippen LogP contribution >= 0.6 is 0 Å². The minimum atomic E-state index is -0.399. The Balaban J connectivity index is 2.02. The van der Waals surface area contributed by atoms with Crippen LogP contribution in [0.25, 0.3) is 10.9 Å². The van der Waals surface area contributed by atoms with Gasteiger partial charge in [-0.2, -0.15) is 0 Å². The molecule has 0 unspecified atom stereocenters. The van der Waals surface area contributed by atoms with Crippen LogP contribution in [0.4, 0.5) is 0 Å². The van der Waals surface area contributed by atoms with Crippen LogP contribution in [0, 0.1) is 6.92 Å². The van der Waals surface area contributed by atoms with Crippen LogP contribution in [0.5, 0.6) is 0 Å². The van der Waals surface area contributed by atoms with Gasteiger partial charge in [0.1, 0.15) is 12.2 Å². The molecule has 0 saturated heterocycles. The minimum absolute atomic E-state index is 0.0771. The summed E-state index contributed by atoms with van der Waals surface area (Å²) in [5.41, 5.74) is 3.56. The highest BCUT2D eigenvalue weighted by Crippen LogP contribution is 2.27. The lowest BCUT2D eigenvalue weighted by atomic mass is 10.1. The van der Waals surface area contributed by atoms with E-state index in [2.05, 4.69) is 0 Å². The van der Waals surface area contributed by atoms with Crippen LogP contribution in [-0.2, 0) is 22.6 Å². The van der Waals surface area contributed by atoms with Crippen molar-refractivity contribution in [3.8, 4) is 0 Å². The van der Waals surface area contributed by atoms with E-state index in [-0.39, 0.29) is 12.5 Å². The van der Waals surface area contributed by atoms with E-state index in [0.717, 1.165) is 22.0 Å². The first kappa shape index (κ1) is 19.7. The molecule has 0 radical (unpaired) electrons. The molecule has 3 aromatic rings. The highest BCUT2D eigenvalue weighted by atomic mass is 16.5. The van der Waals surface area contributed by atoms with Crippen molar-refractivity contribution in [1.82, 2.24) is 9.47 Å². The molecule has 0 saturated carbocycles. The molecule has 1 heterocycles. The second kappa shape index (κ2) is 8.74. The second-order valence-corrected chi connectivity index (χ2v) is 6.69. The molecule has 0 aliphatic carbocycles. The largest absolute Gasteiger partial charge is 0.465 e. The Morgan fingerprint density at radius 1 is 1.00 bits per heavy atom. The maximum Gasteiger partial charge on any atom is 0.325 e. The van der Waals surface area contributed by atoms with Crippen LogP contribution in [0.3, 0.4) is 0 Å². The third kappa shape index (κ3) is 3.93. The van der Waals surface area contributed by atoms with Gasteiger partial charge in [-0.15, -0.1) is 0 Å². The Morgan fingerprint density at radius 2 is 1.68 bits per heavy atom. The molecule has 146 valence electrons. The van der Waals surface area contributed by atoms with E-state index in [1.807, 2.05) is 73.0 Å². The van der Waals surface area contributed by atoms with Crippen molar-refractivity contribution in [2.75, 3.05) is 13.2 Å². The summed E-state index contributed by atoms with van der Waals surface area (Å²) in [6.45, 7) is 6.99. The summed E-state index contributed by atoms with van der Waals surface area (Å²) in [5, 5.41) is 1.06. The molecule has 0 N–H and O–H groups in total. The van der Waals surface area contributed by atoms with Crippen molar-refractivity contribution < 1.29 is 14.3 Å². The summed E-state index contributed by atoms with van der Waals surface area (Å²) in [6.07, 6.45) is 0. The third-order valence-corrected chi connectivity index (χ3v) is 4.87. The van der Waals surface area contributed by atoms with Crippen molar-refractivity contribution in [3.05, 3.63) is 71.4 Å². The Hall–Kier alpha value is -3.08. The summed E-state index contributed by atoms with van der Waals surface area (Å²) in [6, 6.07) is 17.7. The number of nitrogens with zero attached hydrogens (tertiary/aromatic N) is 2. The quantitative estimate of drug-likeness (QED) is 0.580. The smallest absolute Gasteiger partial charge is 0.325 e. The van der Waals surface area contributed by atoms with E-state index >= 15 is 0 Å². The van der Waals surface area contributed by atoms with E-state index in [9.17, 15) is 9.59 Å². The minimum Gasteiger partial charge on any atom is -0.465 e. The number of carbonyl (C=O) groups excluding carboxylic acids is 2. The maximum atomic E-state index is 13.6. The lowest BCUT2D eigenvalue weighted by Crippen LogP contribution is -2.37. The Labute approximate surface area is 165 Å². The fourth-order valence-electron chi connectivity index (χ4n) is 3.60. The van der Waals surface area contributed by atoms with Gasteiger partial charge in [-0.25, -0.2) is 0 Å². The predicted molar refractivity (Wildman–Crippen MR) is 110 cm³/mol. The highest BCUT2D eigenvalue weighted by Gasteiger charge is 2.26. The zero-order valence-electron chi connectivity index (χ0n) is 16.6. The topological polar surface area (TPSA) is 51.5 Å². The summed E-state index contributed by atoms with van der Waals surface area (Å²) in [5.74, 6) is -0.559. The summed E-state index contributed by atoms with van der Waals surface area (Å²) in [4.78, 5) is 27.3. The van der Waals surface area contributed by atoms with Gasteiger partial charge >= 0.3 is 5.97 Å². The molecule has 5 nitrogen and oxygen atoms in total. The molecule has 0 aliphatic heterocycles. The van der Waals surface area contributed by atoms with E-state index < -0.39 is 5.97 Å². The number of fused-ring (bicyclic) bond motifs is 1. The van der Waals surface area contributed by atoms with Gasteiger partial charge in [0.25, 0.3) is 5.91 Å². The summed E-state index contributed by atoms with van der Waals surface area (Å²) in [7, 11) is 0. The predicted octanol–water partition coefficient (Wildman–Crippen LogP) is 4.18. The Kier molecular flexibility index (Phi) is 6.14. The molecule has 0 fully saturated rings. The lowest BCUT2D eigenvalue weighted by Gasteiger charge is -2.23. The number of para-hydroxylation sites is 1. The Morgan fingerprint density at radius 3 is 2.36 bits per heavy atom. The molecule has 2 aromatic carbocycles. The van der Waals surface area contributed by atoms with Crippen LogP contribution < -0.4 is 0 Å². The van der Waals surface area contributed by atoms with Crippen molar-refractivity contribution in [2.24, 2.45) is 0 Å². The molecule has 0 spiro atoms. The molecule has 0 aliphatic rings. The standard InChI is InChI=1S/C23H26N2O3/c1-4-25-20-14-10-9-13-19(20)17(3)22(25)23(27)24(16-21(26)28-5-2)15-18-11-7-6-8-12-18/h6-14H,4-5,15-16H2,1-3H3. The number of aryl methyl sites for hydroxylation is 2. The maximum absolute atomic E-state index is 13.6. The Bertz CT molecular complexity index is 976. The average molecular weight is 378 g/mol. The van der Waals surface area contributed by atoms with Gasteiger partial charge in [-0.1, -0.05) is 48.5 Å². The first-order chi connectivity index (χ1) is 13.6. The molecular weight excluding hydrogens is 352 g/mol. The number of rotatable bonds is 7. The first-order valence-corrected chi connectivity index (χ1v) is 9.63. The number of ether oxygens (including phenoxy) is 1. The zero-order chi connectivity index (χ0) is 20.1. The summed E-state index contributed by atoms with van der Waals surface area (Å²) >= 11 is 0. The van der Waals surface area contributed by atoms with Gasteiger partial charge in [0.05, 0.1) is 6.61 Å². The molecule has 28 heavy (non-hydrogen) atoms. The fraction of sp³-hybridized carbons (Fsp3) is 0.304.